The molecular formula is C12H20N2O3S. The van der Waals surface area contributed by atoms with Crippen LogP contribution in [0.4, 0.5) is 5.13 Å². The number of hydrogen-bond acceptors (Lipinski definition) is 6. The van der Waals surface area contributed by atoms with Crippen LogP contribution >= 0.6 is 11.3 Å². The van der Waals surface area contributed by atoms with Gasteiger partial charge in [-0.3, -0.25) is 0 Å². The minimum Gasteiger partial charge on any atom is -0.391 e. The molecule has 0 aliphatic carbocycles. The molecule has 1 aliphatic heterocycles. The minimum atomic E-state index is -0.148. The van der Waals surface area contributed by atoms with Gasteiger partial charge in [-0.25, -0.2) is 4.98 Å². The second-order valence-electron chi connectivity index (χ2n) is 4.99. The van der Waals surface area contributed by atoms with Gasteiger partial charge in [0.15, 0.2) is 5.13 Å². The fourth-order valence-electron chi connectivity index (χ4n) is 2.06. The Morgan fingerprint density at radius 3 is 2.94 bits per heavy atom. The Balaban J connectivity index is 2.17. The first-order chi connectivity index (χ1) is 8.55. The van der Waals surface area contributed by atoms with Crippen LogP contribution in [-0.4, -0.2) is 42.5 Å². The van der Waals surface area contributed by atoms with Gasteiger partial charge in [-0.15, -0.1) is 0 Å². The molecule has 0 atom stereocenters. The van der Waals surface area contributed by atoms with E-state index < -0.39 is 0 Å². The summed E-state index contributed by atoms with van der Waals surface area (Å²) in [6.45, 7) is 6.99. The van der Waals surface area contributed by atoms with Crippen LogP contribution in [0.2, 0.25) is 0 Å². The van der Waals surface area contributed by atoms with E-state index in [4.69, 9.17) is 9.47 Å². The highest BCUT2D eigenvalue weighted by Gasteiger charge is 2.29. The van der Waals surface area contributed by atoms with E-state index in [0.717, 1.165) is 28.8 Å². The maximum absolute atomic E-state index is 9.33. The van der Waals surface area contributed by atoms with Gasteiger partial charge in [-0.05, 0) is 13.8 Å². The van der Waals surface area contributed by atoms with Gasteiger partial charge in [0.2, 0.25) is 0 Å². The van der Waals surface area contributed by atoms with Gasteiger partial charge < -0.3 is 19.5 Å². The summed E-state index contributed by atoms with van der Waals surface area (Å²) in [5.41, 5.74) is 0.689. The Bertz CT molecular complexity index is 406. The Morgan fingerprint density at radius 1 is 1.56 bits per heavy atom. The van der Waals surface area contributed by atoms with E-state index in [9.17, 15) is 5.11 Å². The molecule has 1 N–H and O–H groups in total. The molecule has 0 aromatic carbocycles. The second kappa shape index (κ2) is 5.52. The smallest absolute Gasteiger partial charge is 0.186 e. The zero-order chi connectivity index (χ0) is 13.2. The topological polar surface area (TPSA) is 54.8 Å². The lowest BCUT2D eigenvalue weighted by molar-refractivity contribution is -0.0277. The normalized spacial score (nSPS) is 19.2. The zero-order valence-corrected chi connectivity index (χ0v) is 11.9. The summed E-state index contributed by atoms with van der Waals surface area (Å²) >= 11 is 1.54. The number of methoxy groups -OCH3 is 1. The molecule has 18 heavy (non-hydrogen) atoms. The van der Waals surface area contributed by atoms with E-state index in [1.54, 1.807) is 7.11 Å². The number of aliphatic hydroxyl groups excluding tert-OH is 1. The van der Waals surface area contributed by atoms with E-state index >= 15 is 0 Å². The first-order valence-corrected chi connectivity index (χ1v) is 6.84. The molecule has 0 amide bonds. The molecule has 0 radical (unpaired) electrons. The van der Waals surface area contributed by atoms with Gasteiger partial charge in [0.05, 0.1) is 36.0 Å². The summed E-state index contributed by atoms with van der Waals surface area (Å²) in [6.07, 6.45) is 0. The fourth-order valence-corrected chi connectivity index (χ4v) is 3.01. The monoisotopic (exact) mass is 272 g/mol. The van der Waals surface area contributed by atoms with Gasteiger partial charge in [0.25, 0.3) is 0 Å². The fraction of sp³-hybridized carbons (Fsp3) is 0.750. The zero-order valence-electron chi connectivity index (χ0n) is 11.1. The number of rotatable bonds is 4. The average Bonchev–Trinajstić information content (AvgIpc) is 2.71. The molecule has 1 aromatic heterocycles. The van der Waals surface area contributed by atoms with Crippen molar-refractivity contribution in [3.05, 3.63) is 10.6 Å². The van der Waals surface area contributed by atoms with Crippen molar-refractivity contribution in [1.29, 1.82) is 0 Å². The van der Waals surface area contributed by atoms with Gasteiger partial charge in [-0.1, -0.05) is 11.3 Å². The van der Waals surface area contributed by atoms with E-state index in [0.29, 0.717) is 13.2 Å². The third-order valence-electron chi connectivity index (χ3n) is 2.89. The van der Waals surface area contributed by atoms with E-state index in [-0.39, 0.29) is 12.2 Å². The Labute approximate surface area is 111 Å². The maximum Gasteiger partial charge on any atom is 0.186 e. The first-order valence-electron chi connectivity index (χ1n) is 6.03. The van der Waals surface area contributed by atoms with Crippen LogP contribution in [0.3, 0.4) is 0 Å². The van der Waals surface area contributed by atoms with Crippen LogP contribution in [0.1, 0.15) is 24.4 Å². The number of nitrogens with zero attached hydrogens (tertiary/aromatic N) is 2. The van der Waals surface area contributed by atoms with E-state index in [1.165, 1.54) is 11.3 Å². The largest absolute Gasteiger partial charge is 0.391 e. The lowest BCUT2D eigenvalue weighted by atomic mass is 10.1. The minimum absolute atomic E-state index is 0.0179. The molecule has 0 spiro atoms. The highest BCUT2D eigenvalue weighted by molar-refractivity contribution is 7.15. The van der Waals surface area contributed by atoms with E-state index in [2.05, 4.69) is 23.7 Å². The number of ether oxygens (including phenoxy) is 2. The van der Waals surface area contributed by atoms with Crippen molar-refractivity contribution in [2.24, 2.45) is 0 Å². The second-order valence-corrected chi connectivity index (χ2v) is 6.05. The standard InChI is InChI=1S/C12H20N2O3S/c1-12(2)8-14(4-5-17-12)11-13-9(7-16-3)10(6-15)18-11/h15H,4-8H2,1-3H3. The molecule has 1 aromatic rings. The number of hydrogen-bond donors (Lipinski definition) is 1. The molecule has 0 unspecified atom stereocenters. The summed E-state index contributed by atoms with van der Waals surface area (Å²) in [7, 11) is 1.64. The highest BCUT2D eigenvalue weighted by Crippen LogP contribution is 2.30. The van der Waals surface area contributed by atoms with Crippen LogP contribution in [0.15, 0.2) is 0 Å². The van der Waals surface area contributed by atoms with Gasteiger partial charge >= 0.3 is 0 Å². The first kappa shape index (κ1) is 13.7. The van der Waals surface area contributed by atoms with Crippen molar-refractivity contribution in [1.82, 2.24) is 4.98 Å². The van der Waals surface area contributed by atoms with Crippen LogP contribution < -0.4 is 4.90 Å². The average molecular weight is 272 g/mol. The number of anilines is 1. The highest BCUT2D eigenvalue weighted by atomic mass is 32.1. The molecule has 1 aliphatic rings. The summed E-state index contributed by atoms with van der Waals surface area (Å²) in [4.78, 5) is 7.66. The van der Waals surface area contributed by atoms with Gasteiger partial charge in [0.1, 0.15) is 0 Å². The quantitative estimate of drug-likeness (QED) is 0.898. The number of thiazole rings is 1. The van der Waals surface area contributed by atoms with Gasteiger partial charge in [-0.2, -0.15) is 0 Å². The molecule has 2 heterocycles. The summed E-state index contributed by atoms with van der Waals surface area (Å²) in [5, 5.41) is 10.3. The van der Waals surface area contributed by atoms with E-state index in [1.807, 2.05) is 0 Å². The Hall–Kier alpha value is -0.690. The third kappa shape index (κ3) is 3.00. The molecule has 1 fully saturated rings. The number of aromatic nitrogens is 1. The van der Waals surface area contributed by atoms with Crippen molar-refractivity contribution in [2.45, 2.75) is 32.7 Å². The number of morpholine rings is 1. The molecule has 6 heteroatoms. The Morgan fingerprint density at radius 2 is 2.33 bits per heavy atom. The van der Waals surface area contributed by atoms with Crippen molar-refractivity contribution in [3.8, 4) is 0 Å². The van der Waals surface area contributed by atoms with Crippen LogP contribution in [0, 0.1) is 0 Å². The Kier molecular flexibility index (Phi) is 4.21. The van der Waals surface area contributed by atoms with Crippen LogP contribution in [0.5, 0.6) is 0 Å². The maximum atomic E-state index is 9.33. The summed E-state index contributed by atoms with van der Waals surface area (Å²) < 4.78 is 10.8. The van der Waals surface area contributed by atoms with Gasteiger partial charge in [0, 0.05) is 20.2 Å². The molecule has 0 bridgehead atoms. The molecule has 2 rings (SSSR count). The van der Waals surface area contributed by atoms with Crippen LogP contribution in [-0.2, 0) is 22.7 Å². The summed E-state index contributed by atoms with van der Waals surface area (Å²) in [6, 6.07) is 0. The lowest BCUT2D eigenvalue weighted by Gasteiger charge is -2.38. The molecule has 0 saturated carbocycles. The number of aliphatic hydroxyl groups is 1. The van der Waals surface area contributed by atoms with Crippen LogP contribution in [0.25, 0.3) is 0 Å². The van der Waals surface area contributed by atoms with Crippen molar-refractivity contribution < 1.29 is 14.6 Å². The molecular weight excluding hydrogens is 252 g/mol. The SMILES string of the molecule is COCc1nc(N2CCOC(C)(C)C2)sc1CO. The molecule has 5 nitrogen and oxygen atoms in total. The van der Waals surface area contributed by atoms with Crippen molar-refractivity contribution >= 4 is 16.5 Å². The molecule has 102 valence electrons. The summed E-state index contributed by atoms with van der Waals surface area (Å²) in [5.74, 6) is 0. The predicted octanol–water partition coefficient (Wildman–Crippen LogP) is 1.40. The van der Waals surface area contributed by atoms with Crippen molar-refractivity contribution in [2.75, 3.05) is 31.7 Å². The molecule has 1 saturated heterocycles. The third-order valence-corrected chi connectivity index (χ3v) is 4.03. The lowest BCUT2D eigenvalue weighted by Crippen LogP contribution is -2.48. The predicted molar refractivity (Wildman–Crippen MR) is 71.0 cm³/mol. The van der Waals surface area contributed by atoms with Crippen molar-refractivity contribution in [3.63, 3.8) is 0 Å².